The van der Waals surface area contributed by atoms with Gasteiger partial charge in [-0.25, -0.2) is 19.2 Å². The molecule has 10 nitrogen and oxygen atoms in total. The Kier molecular flexibility index (Phi) is 9.26. The quantitative estimate of drug-likeness (QED) is 0.464. The van der Waals surface area contributed by atoms with Crippen LogP contribution in [-0.2, 0) is 9.47 Å². The van der Waals surface area contributed by atoms with E-state index >= 15 is 0 Å². The molecule has 1 aliphatic carbocycles. The number of carbonyl (C=O) groups is 3. The van der Waals surface area contributed by atoms with Crippen LogP contribution < -0.4 is 0 Å². The number of halogens is 1. The molecule has 0 bridgehead atoms. The predicted octanol–water partition coefficient (Wildman–Crippen LogP) is 4.39. The van der Waals surface area contributed by atoms with Gasteiger partial charge in [0.2, 0.25) is 0 Å². The second-order valence-electron chi connectivity index (χ2n) is 11.9. The van der Waals surface area contributed by atoms with Crippen LogP contribution in [-0.4, -0.2) is 100 Å². The molecule has 0 spiro atoms. The van der Waals surface area contributed by atoms with Gasteiger partial charge in [0.25, 0.3) is 11.8 Å². The average molecular weight is 570 g/mol. The van der Waals surface area contributed by atoms with E-state index < -0.39 is 17.3 Å². The number of likely N-dealkylation sites (tertiary alicyclic amines) is 1. The number of hydrogen-bond acceptors (Lipinski definition) is 7. The molecule has 3 amide bonds. The second kappa shape index (κ2) is 12.5. The minimum Gasteiger partial charge on any atom is -0.444 e. The van der Waals surface area contributed by atoms with E-state index in [1.54, 1.807) is 25.1 Å². The van der Waals surface area contributed by atoms with Gasteiger partial charge in [-0.2, -0.15) is 0 Å². The molecule has 2 heterocycles. The lowest BCUT2D eigenvalue weighted by atomic mass is 10.0. The average Bonchev–Trinajstić information content (AvgIpc) is 3.77. The molecule has 1 atom stereocenters. The third-order valence-corrected chi connectivity index (χ3v) is 7.43. The Morgan fingerprint density at radius 3 is 2.20 bits per heavy atom. The van der Waals surface area contributed by atoms with Crippen LogP contribution in [0.4, 0.5) is 9.18 Å². The van der Waals surface area contributed by atoms with Crippen molar-refractivity contribution >= 4 is 17.9 Å². The van der Waals surface area contributed by atoms with Gasteiger partial charge in [-0.15, -0.1) is 0 Å². The van der Waals surface area contributed by atoms with Gasteiger partial charge < -0.3 is 24.2 Å². The predicted molar refractivity (Wildman–Crippen MR) is 151 cm³/mol. The number of rotatable bonds is 8. The van der Waals surface area contributed by atoms with Gasteiger partial charge >= 0.3 is 6.09 Å². The van der Waals surface area contributed by atoms with E-state index in [9.17, 15) is 18.8 Å². The molecule has 4 rings (SSSR count). The topological polar surface area (TPSA) is 105 Å². The second-order valence-corrected chi connectivity index (χ2v) is 11.9. The van der Waals surface area contributed by atoms with Crippen molar-refractivity contribution in [1.82, 2.24) is 24.7 Å². The highest BCUT2D eigenvalue weighted by atomic mass is 19.1. The van der Waals surface area contributed by atoms with Crippen molar-refractivity contribution in [3.8, 4) is 11.4 Å². The Bertz CT molecular complexity index is 1250. The number of nitrogens with zero attached hydrogens (tertiary/aromatic N) is 5. The Hall–Kier alpha value is -3.60. The highest BCUT2D eigenvalue weighted by Gasteiger charge is 2.40. The van der Waals surface area contributed by atoms with Crippen molar-refractivity contribution in [3.05, 3.63) is 47.5 Å². The number of likely N-dealkylation sites (N-methyl/N-ethyl adjacent to an activating group) is 1. The highest BCUT2D eigenvalue weighted by molar-refractivity contribution is 5.95. The lowest BCUT2D eigenvalue weighted by Crippen LogP contribution is -2.50. The maximum atomic E-state index is 14.9. The molecule has 1 aromatic heterocycles. The Balaban J connectivity index is 1.42. The van der Waals surface area contributed by atoms with Crippen LogP contribution in [0.2, 0.25) is 0 Å². The van der Waals surface area contributed by atoms with Gasteiger partial charge in [0.15, 0.2) is 5.82 Å². The summed E-state index contributed by atoms with van der Waals surface area (Å²) in [6, 6.07) is 4.21. The van der Waals surface area contributed by atoms with Gasteiger partial charge in [0, 0.05) is 57.3 Å². The largest absolute Gasteiger partial charge is 0.444 e. The zero-order valence-electron chi connectivity index (χ0n) is 24.7. The molecular weight excluding hydrogens is 529 g/mol. The summed E-state index contributed by atoms with van der Waals surface area (Å²) in [5.74, 6) is -1.01. The first-order chi connectivity index (χ1) is 19.4. The normalized spacial score (nSPS) is 16.7. The Morgan fingerprint density at radius 2 is 1.66 bits per heavy atom. The first-order valence-corrected chi connectivity index (χ1v) is 14.1. The van der Waals surface area contributed by atoms with Crippen molar-refractivity contribution in [2.75, 3.05) is 33.9 Å². The van der Waals surface area contributed by atoms with Crippen LogP contribution in [0, 0.1) is 5.82 Å². The molecule has 2 aromatic rings. The third kappa shape index (κ3) is 7.38. The fourth-order valence-corrected chi connectivity index (χ4v) is 4.94. The van der Waals surface area contributed by atoms with E-state index in [1.807, 2.05) is 32.6 Å². The van der Waals surface area contributed by atoms with Crippen molar-refractivity contribution in [1.29, 1.82) is 0 Å². The van der Waals surface area contributed by atoms with Crippen molar-refractivity contribution in [3.63, 3.8) is 0 Å². The lowest BCUT2D eigenvalue weighted by Gasteiger charge is -2.39. The zero-order valence-corrected chi connectivity index (χ0v) is 24.7. The molecule has 41 heavy (non-hydrogen) atoms. The van der Waals surface area contributed by atoms with Crippen LogP contribution in [0.5, 0.6) is 0 Å². The minimum atomic E-state index is -0.676. The summed E-state index contributed by atoms with van der Waals surface area (Å²) >= 11 is 0. The molecule has 222 valence electrons. The fraction of sp³-hybridized carbons (Fsp3) is 0.567. The lowest BCUT2D eigenvalue weighted by molar-refractivity contribution is 0.0142. The molecule has 1 unspecified atom stereocenters. The first-order valence-electron chi connectivity index (χ1n) is 14.1. The van der Waals surface area contributed by atoms with Crippen molar-refractivity contribution < 1.29 is 28.2 Å². The number of methoxy groups -OCH3 is 1. The molecule has 11 heteroatoms. The SMILES string of the molecule is COCC(C)N(C)C(=O)c1ccc(-c2ncc(C(=O)N(C3CC3)C3CCN(C(=O)OC(C)(C)C)CC3)cn2)cc1F. The van der Waals surface area contributed by atoms with Crippen molar-refractivity contribution in [2.24, 2.45) is 0 Å². The van der Waals surface area contributed by atoms with Crippen LogP contribution >= 0.6 is 0 Å². The minimum absolute atomic E-state index is 0.0114. The van der Waals surface area contributed by atoms with E-state index in [-0.39, 0.29) is 41.5 Å². The number of benzene rings is 1. The molecule has 1 saturated heterocycles. The Morgan fingerprint density at radius 1 is 1.05 bits per heavy atom. The van der Waals surface area contributed by atoms with Gasteiger partial charge in [-0.1, -0.05) is 6.07 Å². The molecule has 1 aliphatic heterocycles. The monoisotopic (exact) mass is 569 g/mol. The molecule has 0 N–H and O–H groups in total. The smallest absolute Gasteiger partial charge is 0.410 e. The maximum Gasteiger partial charge on any atom is 0.410 e. The third-order valence-electron chi connectivity index (χ3n) is 7.43. The van der Waals surface area contributed by atoms with Crippen LogP contribution in [0.1, 0.15) is 74.1 Å². The Labute approximate surface area is 240 Å². The fourth-order valence-electron chi connectivity index (χ4n) is 4.94. The number of amides is 3. The van der Waals surface area contributed by atoms with Gasteiger partial charge in [0.1, 0.15) is 11.4 Å². The number of hydrogen-bond donors (Lipinski definition) is 0. The molecule has 2 fully saturated rings. The summed E-state index contributed by atoms with van der Waals surface area (Å²) in [7, 11) is 3.15. The van der Waals surface area contributed by atoms with E-state index in [1.165, 1.54) is 29.4 Å². The number of aromatic nitrogens is 2. The zero-order chi connectivity index (χ0) is 29.9. The summed E-state index contributed by atoms with van der Waals surface area (Å²) in [5.41, 5.74) is 0.153. The van der Waals surface area contributed by atoms with E-state index in [0.29, 0.717) is 43.7 Å². The molecule has 2 aliphatic rings. The van der Waals surface area contributed by atoms with E-state index in [4.69, 9.17) is 9.47 Å². The van der Waals surface area contributed by atoms with Gasteiger partial charge in [0.05, 0.1) is 23.8 Å². The van der Waals surface area contributed by atoms with Crippen LogP contribution in [0.25, 0.3) is 11.4 Å². The van der Waals surface area contributed by atoms with Gasteiger partial charge in [-0.05, 0) is 65.5 Å². The highest BCUT2D eigenvalue weighted by Crippen LogP contribution is 2.33. The summed E-state index contributed by atoms with van der Waals surface area (Å²) in [5, 5.41) is 0. The van der Waals surface area contributed by atoms with Crippen LogP contribution in [0.3, 0.4) is 0 Å². The van der Waals surface area contributed by atoms with E-state index in [2.05, 4.69) is 9.97 Å². The molecule has 0 radical (unpaired) electrons. The molecular formula is C30H40FN5O5. The molecule has 1 aromatic carbocycles. The standard InChI is InChI=1S/C30H40FN5O5/c1-19(18-40-6)34(5)28(38)24-10-7-20(15-25(24)31)26-32-16-21(17-33-26)27(37)36(22-8-9-22)23-11-13-35(14-12-23)29(39)41-30(2,3)4/h7,10,15-17,19,22-23H,8-9,11-14,18H2,1-6H3. The first kappa shape index (κ1) is 30.4. The summed E-state index contributed by atoms with van der Waals surface area (Å²) in [6.07, 6.45) is 5.83. The number of ether oxygens (including phenoxy) is 2. The van der Waals surface area contributed by atoms with Crippen molar-refractivity contribution in [2.45, 2.75) is 77.1 Å². The van der Waals surface area contributed by atoms with E-state index in [0.717, 1.165) is 12.8 Å². The molecule has 1 saturated carbocycles. The summed E-state index contributed by atoms with van der Waals surface area (Å²) < 4.78 is 25.5. The maximum absolute atomic E-state index is 14.9. The number of piperidine rings is 1. The van der Waals surface area contributed by atoms with Gasteiger partial charge in [-0.3, -0.25) is 9.59 Å². The van der Waals surface area contributed by atoms with Crippen LogP contribution in [0.15, 0.2) is 30.6 Å². The summed E-state index contributed by atoms with van der Waals surface area (Å²) in [6.45, 7) is 8.74. The summed E-state index contributed by atoms with van der Waals surface area (Å²) in [4.78, 5) is 52.5. The number of carbonyl (C=O) groups excluding carboxylic acids is 3.